The summed E-state index contributed by atoms with van der Waals surface area (Å²) in [5.74, 6) is 0. The highest BCUT2D eigenvalue weighted by Gasteiger charge is 2.02. The van der Waals surface area contributed by atoms with Crippen molar-refractivity contribution in [3.8, 4) is 0 Å². The van der Waals surface area contributed by atoms with E-state index in [1.54, 1.807) is 0 Å². The standard InChI is InChI=1S/C16H12O/c1-11-3-2-4-15-14(11)8-7-13-6-5-12(10-17)9-16(13)15/h2-10H,1H3. The van der Waals surface area contributed by atoms with Crippen LogP contribution < -0.4 is 0 Å². The molecule has 3 aromatic rings. The Kier molecular flexibility index (Phi) is 2.19. The van der Waals surface area contributed by atoms with Crippen molar-refractivity contribution in [3.05, 3.63) is 59.7 Å². The minimum Gasteiger partial charge on any atom is -0.298 e. The van der Waals surface area contributed by atoms with Crippen molar-refractivity contribution in [2.45, 2.75) is 6.92 Å². The lowest BCUT2D eigenvalue weighted by molar-refractivity contribution is 0.112. The lowest BCUT2D eigenvalue weighted by atomic mass is 9.98. The maximum atomic E-state index is 10.9. The van der Waals surface area contributed by atoms with E-state index in [0.717, 1.165) is 17.2 Å². The molecule has 1 heteroatoms. The Labute approximate surface area is 99.7 Å². The molecule has 0 atom stereocenters. The number of aldehydes is 1. The molecule has 0 N–H and O–H groups in total. The summed E-state index contributed by atoms with van der Waals surface area (Å²) in [6, 6.07) is 16.4. The topological polar surface area (TPSA) is 17.1 Å². The normalized spacial score (nSPS) is 10.9. The van der Waals surface area contributed by atoms with Gasteiger partial charge in [0.15, 0.2) is 0 Å². The Morgan fingerprint density at radius 2 is 1.71 bits per heavy atom. The Bertz CT molecular complexity index is 726. The number of fused-ring (bicyclic) bond motifs is 3. The number of carbonyl (C=O) groups excluding carboxylic acids is 1. The van der Waals surface area contributed by atoms with Gasteiger partial charge in [0, 0.05) is 5.56 Å². The van der Waals surface area contributed by atoms with Gasteiger partial charge in [-0.05, 0) is 40.1 Å². The maximum absolute atomic E-state index is 10.9. The monoisotopic (exact) mass is 220 g/mol. The van der Waals surface area contributed by atoms with E-state index in [9.17, 15) is 4.79 Å². The zero-order valence-electron chi connectivity index (χ0n) is 9.60. The van der Waals surface area contributed by atoms with Crippen molar-refractivity contribution < 1.29 is 4.79 Å². The van der Waals surface area contributed by atoms with Crippen LogP contribution in [0.25, 0.3) is 21.5 Å². The molecule has 0 amide bonds. The van der Waals surface area contributed by atoms with E-state index >= 15 is 0 Å². The summed E-state index contributed by atoms with van der Waals surface area (Å²) in [5, 5.41) is 4.79. The van der Waals surface area contributed by atoms with Gasteiger partial charge in [-0.25, -0.2) is 0 Å². The first-order valence-electron chi connectivity index (χ1n) is 5.67. The molecule has 82 valence electrons. The van der Waals surface area contributed by atoms with E-state index in [1.165, 1.54) is 21.7 Å². The average Bonchev–Trinajstić information content (AvgIpc) is 2.38. The predicted octanol–water partition coefficient (Wildman–Crippen LogP) is 4.11. The highest BCUT2D eigenvalue weighted by molar-refractivity contribution is 6.09. The van der Waals surface area contributed by atoms with Crippen LogP contribution in [0, 0.1) is 6.92 Å². The van der Waals surface area contributed by atoms with Gasteiger partial charge in [0.05, 0.1) is 0 Å². The number of carbonyl (C=O) groups is 1. The van der Waals surface area contributed by atoms with Crippen LogP contribution in [0.4, 0.5) is 0 Å². The Hall–Kier alpha value is -2.15. The van der Waals surface area contributed by atoms with Crippen LogP contribution >= 0.6 is 0 Å². The fourth-order valence-electron chi connectivity index (χ4n) is 2.34. The fraction of sp³-hybridized carbons (Fsp3) is 0.0625. The van der Waals surface area contributed by atoms with Crippen molar-refractivity contribution in [3.63, 3.8) is 0 Å². The quantitative estimate of drug-likeness (QED) is 0.445. The summed E-state index contributed by atoms with van der Waals surface area (Å²) in [5.41, 5.74) is 1.99. The molecule has 0 unspecified atom stereocenters. The molecule has 0 saturated carbocycles. The van der Waals surface area contributed by atoms with Gasteiger partial charge in [-0.3, -0.25) is 4.79 Å². The van der Waals surface area contributed by atoms with Gasteiger partial charge in [-0.15, -0.1) is 0 Å². The van der Waals surface area contributed by atoms with Gasteiger partial charge in [-0.1, -0.05) is 42.5 Å². The SMILES string of the molecule is Cc1cccc2c1ccc1ccc(C=O)cc12. The lowest BCUT2D eigenvalue weighted by Crippen LogP contribution is -1.84. The molecule has 0 spiro atoms. The van der Waals surface area contributed by atoms with Crippen molar-refractivity contribution in [2.24, 2.45) is 0 Å². The number of hydrogen-bond donors (Lipinski definition) is 0. The molecule has 17 heavy (non-hydrogen) atoms. The van der Waals surface area contributed by atoms with Gasteiger partial charge in [-0.2, -0.15) is 0 Å². The molecule has 0 aliphatic carbocycles. The molecule has 0 aliphatic rings. The number of hydrogen-bond acceptors (Lipinski definition) is 1. The third-order valence-electron chi connectivity index (χ3n) is 3.26. The van der Waals surface area contributed by atoms with E-state index in [4.69, 9.17) is 0 Å². The maximum Gasteiger partial charge on any atom is 0.150 e. The predicted molar refractivity (Wildman–Crippen MR) is 71.6 cm³/mol. The van der Waals surface area contributed by atoms with Gasteiger partial charge in [0.2, 0.25) is 0 Å². The van der Waals surface area contributed by atoms with Crippen LogP contribution in [0.15, 0.2) is 48.5 Å². The lowest BCUT2D eigenvalue weighted by Gasteiger charge is -2.06. The molecule has 0 aliphatic heterocycles. The third kappa shape index (κ3) is 1.51. The smallest absolute Gasteiger partial charge is 0.150 e. The summed E-state index contributed by atoms with van der Waals surface area (Å²) in [7, 11) is 0. The van der Waals surface area contributed by atoms with Crippen molar-refractivity contribution >= 4 is 27.8 Å². The Morgan fingerprint density at radius 3 is 2.53 bits per heavy atom. The average molecular weight is 220 g/mol. The molecule has 0 aromatic heterocycles. The van der Waals surface area contributed by atoms with Crippen LogP contribution in [-0.2, 0) is 0 Å². The van der Waals surface area contributed by atoms with Crippen molar-refractivity contribution in [1.29, 1.82) is 0 Å². The van der Waals surface area contributed by atoms with Crippen LogP contribution in [-0.4, -0.2) is 6.29 Å². The molecular formula is C16H12O. The van der Waals surface area contributed by atoms with Crippen LogP contribution in [0.1, 0.15) is 15.9 Å². The second-order valence-electron chi connectivity index (χ2n) is 4.33. The van der Waals surface area contributed by atoms with Crippen molar-refractivity contribution in [2.75, 3.05) is 0 Å². The Balaban J connectivity index is 2.53. The molecular weight excluding hydrogens is 208 g/mol. The summed E-state index contributed by atoms with van der Waals surface area (Å²) in [4.78, 5) is 10.9. The van der Waals surface area contributed by atoms with Crippen LogP contribution in [0.3, 0.4) is 0 Å². The zero-order chi connectivity index (χ0) is 11.8. The van der Waals surface area contributed by atoms with Crippen LogP contribution in [0.2, 0.25) is 0 Å². The fourth-order valence-corrected chi connectivity index (χ4v) is 2.34. The third-order valence-corrected chi connectivity index (χ3v) is 3.26. The van der Waals surface area contributed by atoms with Gasteiger partial charge in [0.25, 0.3) is 0 Å². The van der Waals surface area contributed by atoms with Gasteiger partial charge in [0.1, 0.15) is 6.29 Å². The van der Waals surface area contributed by atoms with E-state index in [1.807, 2.05) is 18.2 Å². The molecule has 0 radical (unpaired) electrons. The largest absolute Gasteiger partial charge is 0.298 e. The number of rotatable bonds is 1. The van der Waals surface area contributed by atoms with E-state index in [2.05, 4.69) is 37.3 Å². The molecule has 0 bridgehead atoms. The number of benzene rings is 3. The summed E-state index contributed by atoms with van der Waals surface area (Å²) >= 11 is 0. The molecule has 3 rings (SSSR count). The summed E-state index contributed by atoms with van der Waals surface area (Å²) < 4.78 is 0. The summed E-state index contributed by atoms with van der Waals surface area (Å²) in [6.07, 6.45) is 0.897. The highest BCUT2D eigenvalue weighted by atomic mass is 16.1. The molecule has 3 aromatic carbocycles. The van der Waals surface area contributed by atoms with Crippen LogP contribution in [0.5, 0.6) is 0 Å². The first kappa shape index (κ1) is 10.0. The van der Waals surface area contributed by atoms with E-state index in [-0.39, 0.29) is 0 Å². The van der Waals surface area contributed by atoms with E-state index in [0.29, 0.717) is 0 Å². The number of aryl methyl sites for hydroxylation is 1. The second kappa shape index (κ2) is 3.70. The molecule has 0 fully saturated rings. The molecule has 1 nitrogen and oxygen atoms in total. The molecule has 0 saturated heterocycles. The Morgan fingerprint density at radius 1 is 0.882 bits per heavy atom. The highest BCUT2D eigenvalue weighted by Crippen LogP contribution is 2.27. The minimum absolute atomic E-state index is 0.728. The van der Waals surface area contributed by atoms with Gasteiger partial charge < -0.3 is 0 Å². The minimum atomic E-state index is 0.728. The van der Waals surface area contributed by atoms with Crippen molar-refractivity contribution in [1.82, 2.24) is 0 Å². The van der Waals surface area contributed by atoms with E-state index < -0.39 is 0 Å². The first-order chi connectivity index (χ1) is 8.29. The second-order valence-corrected chi connectivity index (χ2v) is 4.33. The first-order valence-corrected chi connectivity index (χ1v) is 5.67. The molecule has 0 heterocycles. The zero-order valence-corrected chi connectivity index (χ0v) is 9.60. The summed E-state index contributed by atoms with van der Waals surface area (Å²) in [6.45, 7) is 2.11. The van der Waals surface area contributed by atoms with Gasteiger partial charge >= 0.3 is 0 Å².